The van der Waals surface area contributed by atoms with E-state index >= 15 is 0 Å². The number of rotatable bonds is 6. The Balaban J connectivity index is 3.09. The molecule has 0 heterocycles. The van der Waals surface area contributed by atoms with Crippen molar-refractivity contribution in [3.63, 3.8) is 0 Å². The summed E-state index contributed by atoms with van der Waals surface area (Å²) in [5.74, 6) is 0. The molecule has 104 valence electrons. The van der Waals surface area contributed by atoms with Crippen molar-refractivity contribution in [2.75, 3.05) is 20.0 Å². The van der Waals surface area contributed by atoms with Crippen LogP contribution in [-0.2, 0) is 14.6 Å². The third kappa shape index (κ3) is 3.92. The minimum atomic E-state index is -3.28. The highest BCUT2D eigenvalue weighted by Gasteiger charge is 2.22. The Kier molecular flexibility index (Phi) is 5.29. The van der Waals surface area contributed by atoms with E-state index in [0.29, 0.717) is 5.56 Å². The van der Waals surface area contributed by atoms with Gasteiger partial charge in [-0.1, -0.05) is 17.2 Å². The summed E-state index contributed by atoms with van der Waals surface area (Å²) in [6, 6.07) is 4.85. The van der Waals surface area contributed by atoms with E-state index in [1.165, 1.54) is 31.4 Å². The Morgan fingerprint density at radius 3 is 2.37 bits per heavy atom. The summed E-state index contributed by atoms with van der Waals surface area (Å²) in [6.45, 7) is -0.865. The predicted octanol–water partition coefficient (Wildman–Crippen LogP) is 2.43. The molecule has 1 rings (SSSR count). The number of halogens is 1. The Morgan fingerprint density at radius 1 is 1.42 bits per heavy atom. The van der Waals surface area contributed by atoms with Crippen LogP contribution in [0.5, 0.6) is 0 Å². The van der Waals surface area contributed by atoms with Crippen molar-refractivity contribution in [1.82, 2.24) is 0 Å². The Bertz CT molecular complexity index is 567. The standard InChI is InChI=1S/C11H14FN3O3S/c1-18-11(10(7-12)14-15-13)8-3-5-9(6-4-8)19(2,16)17/h3-6,10-11H,7H2,1-2H3/t10-,11-/m1/s1. The van der Waals surface area contributed by atoms with Crippen molar-refractivity contribution < 1.29 is 17.5 Å². The van der Waals surface area contributed by atoms with E-state index in [0.717, 1.165) is 6.26 Å². The molecule has 8 heteroatoms. The van der Waals surface area contributed by atoms with Crippen LogP contribution in [0.2, 0.25) is 0 Å². The fourth-order valence-electron chi connectivity index (χ4n) is 1.66. The minimum Gasteiger partial charge on any atom is -0.376 e. The van der Waals surface area contributed by atoms with Gasteiger partial charge in [-0.15, -0.1) is 0 Å². The molecule has 19 heavy (non-hydrogen) atoms. The van der Waals surface area contributed by atoms with Gasteiger partial charge in [0, 0.05) is 18.3 Å². The molecule has 0 unspecified atom stereocenters. The molecule has 0 aliphatic carbocycles. The van der Waals surface area contributed by atoms with Gasteiger partial charge in [-0.3, -0.25) is 4.39 Å². The van der Waals surface area contributed by atoms with Crippen LogP contribution in [0.3, 0.4) is 0 Å². The van der Waals surface area contributed by atoms with Crippen molar-refractivity contribution in [2.45, 2.75) is 17.0 Å². The van der Waals surface area contributed by atoms with Gasteiger partial charge in [-0.2, -0.15) is 0 Å². The Hall–Kier alpha value is -1.63. The van der Waals surface area contributed by atoms with Gasteiger partial charge in [0.25, 0.3) is 0 Å². The maximum Gasteiger partial charge on any atom is 0.175 e. The number of methoxy groups -OCH3 is 1. The lowest BCUT2D eigenvalue weighted by atomic mass is 10.0. The zero-order valence-electron chi connectivity index (χ0n) is 10.5. The molecule has 6 nitrogen and oxygen atoms in total. The first kappa shape index (κ1) is 15.4. The Labute approximate surface area is 110 Å². The molecule has 0 fully saturated rings. The number of nitrogens with zero attached hydrogens (tertiary/aromatic N) is 3. The topological polar surface area (TPSA) is 92.1 Å². The van der Waals surface area contributed by atoms with E-state index in [9.17, 15) is 12.8 Å². The molecule has 0 saturated carbocycles. The number of benzene rings is 1. The summed E-state index contributed by atoms with van der Waals surface area (Å²) < 4.78 is 40.5. The molecule has 2 atom stereocenters. The second-order valence-corrected chi connectivity index (χ2v) is 5.94. The van der Waals surface area contributed by atoms with Gasteiger partial charge in [0.1, 0.15) is 6.67 Å². The average Bonchev–Trinajstić information content (AvgIpc) is 2.38. The molecule has 0 spiro atoms. The molecule has 1 aromatic carbocycles. The lowest BCUT2D eigenvalue weighted by Gasteiger charge is -2.20. The first-order chi connectivity index (χ1) is 8.93. The molecule has 0 aliphatic rings. The van der Waals surface area contributed by atoms with E-state index in [4.69, 9.17) is 10.3 Å². The van der Waals surface area contributed by atoms with Gasteiger partial charge in [0.2, 0.25) is 0 Å². The molecule has 0 aliphatic heterocycles. The largest absolute Gasteiger partial charge is 0.376 e. The van der Waals surface area contributed by atoms with Gasteiger partial charge in [-0.25, -0.2) is 8.42 Å². The van der Waals surface area contributed by atoms with Crippen LogP contribution in [0.15, 0.2) is 34.3 Å². The quantitative estimate of drug-likeness (QED) is 0.457. The zero-order valence-corrected chi connectivity index (χ0v) is 11.3. The van der Waals surface area contributed by atoms with Crippen LogP contribution < -0.4 is 0 Å². The van der Waals surface area contributed by atoms with Crippen LogP contribution in [0.25, 0.3) is 10.4 Å². The molecule has 0 saturated heterocycles. The second kappa shape index (κ2) is 6.51. The Morgan fingerprint density at radius 2 is 2.00 bits per heavy atom. The molecule has 0 bridgehead atoms. The number of hydrogen-bond donors (Lipinski definition) is 0. The van der Waals surface area contributed by atoms with Crippen molar-refractivity contribution in [1.29, 1.82) is 0 Å². The first-order valence-electron chi connectivity index (χ1n) is 5.37. The molecule has 0 aromatic heterocycles. The summed E-state index contributed by atoms with van der Waals surface area (Å²) in [6.07, 6.45) is 0.342. The van der Waals surface area contributed by atoms with Gasteiger partial charge in [-0.05, 0) is 23.2 Å². The molecule has 0 radical (unpaired) electrons. The molecule has 0 amide bonds. The second-order valence-electron chi connectivity index (χ2n) is 3.92. The lowest BCUT2D eigenvalue weighted by molar-refractivity contribution is 0.0721. The average molecular weight is 287 g/mol. The highest BCUT2D eigenvalue weighted by atomic mass is 32.2. The summed E-state index contributed by atoms with van der Waals surface area (Å²) in [5, 5.41) is 3.32. The summed E-state index contributed by atoms with van der Waals surface area (Å²) in [4.78, 5) is 2.73. The lowest BCUT2D eigenvalue weighted by Crippen LogP contribution is -2.20. The van der Waals surface area contributed by atoms with Gasteiger partial charge in [0.15, 0.2) is 9.84 Å². The van der Waals surface area contributed by atoms with Crippen molar-refractivity contribution in [3.8, 4) is 0 Å². The van der Waals surface area contributed by atoms with Crippen LogP contribution in [0.1, 0.15) is 11.7 Å². The van der Waals surface area contributed by atoms with Gasteiger partial charge >= 0.3 is 0 Å². The summed E-state index contributed by atoms with van der Waals surface area (Å²) in [5.41, 5.74) is 8.91. The number of azide groups is 1. The third-order valence-electron chi connectivity index (χ3n) is 2.60. The van der Waals surface area contributed by atoms with Crippen LogP contribution >= 0.6 is 0 Å². The van der Waals surface area contributed by atoms with E-state index in [1.54, 1.807) is 0 Å². The van der Waals surface area contributed by atoms with E-state index < -0.39 is 28.7 Å². The molecular weight excluding hydrogens is 273 g/mol. The summed E-state index contributed by atoms with van der Waals surface area (Å²) >= 11 is 0. The number of hydrogen-bond acceptors (Lipinski definition) is 4. The van der Waals surface area contributed by atoms with Crippen molar-refractivity contribution >= 4 is 9.84 Å². The molecule has 0 N–H and O–H groups in total. The fraction of sp³-hybridized carbons (Fsp3) is 0.455. The van der Waals surface area contributed by atoms with E-state index in [1.807, 2.05) is 0 Å². The maximum absolute atomic E-state index is 12.8. The third-order valence-corrected chi connectivity index (χ3v) is 3.73. The summed E-state index contributed by atoms with van der Waals surface area (Å²) in [7, 11) is -1.92. The first-order valence-corrected chi connectivity index (χ1v) is 7.26. The van der Waals surface area contributed by atoms with Crippen LogP contribution in [-0.4, -0.2) is 34.5 Å². The van der Waals surface area contributed by atoms with Crippen LogP contribution in [0.4, 0.5) is 4.39 Å². The number of alkyl halides is 1. The maximum atomic E-state index is 12.8. The van der Waals surface area contributed by atoms with E-state index in [-0.39, 0.29) is 4.90 Å². The predicted molar refractivity (Wildman–Crippen MR) is 68.2 cm³/mol. The van der Waals surface area contributed by atoms with Crippen molar-refractivity contribution in [3.05, 3.63) is 40.3 Å². The normalized spacial score (nSPS) is 14.5. The highest BCUT2D eigenvalue weighted by Crippen LogP contribution is 2.24. The number of ether oxygens (including phenoxy) is 1. The van der Waals surface area contributed by atoms with E-state index in [2.05, 4.69) is 10.0 Å². The SMILES string of the molecule is CO[C@H](c1ccc(S(C)(=O)=O)cc1)[C@@H](CF)N=[N+]=[N-]. The van der Waals surface area contributed by atoms with Crippen molar-refractivity contribution in [2.24, 2.45) is 5.11 Å². The zero-order chi connectivity index (χ0) is 14.5. The van der Waals surface area contributed by atoms with Gasteiger partial charge < -0.3 is 4.74 Å². The monoisotopic (exact) mass is 287 g/mol. The fourth-order valence-corrected chi connectivity index (χ4v) is 2.29. The van der Waals surface area contributed by atoms with Gasteiger partial charge in [0.05, 0.1) is 17.0 Å². The van der Waals surface area contributed by atoms with Crippen LogP contribution in [0, 0.1) is 0 Å². The number of sulfone groups is 1. The minimum absolute atomic E-state index is 0.159. The molecule has 1 aromatic rings. The highest BCUT2D eigenvalue weighted by molar-refractivity contribution is 7.90. The molecular formula is C11H14FN3O3S. The smallest absolute Gasteiger partial charge is 0.175 e.